The smallest absolute Gasteiger partial charge is 0.127 e. The Morgan fingerprint density at radius 3 is 1.53 bits per heavy atom. The maximum Gasteiger partial charge on any atom is 0.127 e. The Hall–Kier alpha value is -3.66. The number of benzene rings is 4. The van der Waals surface area contributed by atoms with Crippen LogP contribution in [-0.4, -0.2) is 34.7 Å². The van der Waals surface area contributed by atoms with E-state index >= 15 is 0 Å². The Bertz CT molecular complexity index is 1310. The second-order valence-electron chi connectivity index (χ2n) is 9.30. The maximum absolute atomic E-state index is 10.7. The molecular weight excluding hydrogens is 420 g/mol. The predicted molar refractivity (Wildman–Crippen MR) is 142 cm³/mol. The fraction of sp³-hybridized carbons (Fsp3) is 0.267. The predicted octanol–water partition coefficient (Wildman–Crippen LogP) is 6.87. The molecule has 0 unspecified atom stereocenters. The number of phenols is 2. The van der Waals surface area contributed by atoms with Crippen LogP contribution in [0.25, 0.3) is 21.5 Å². The summed E-state index contributed by atoms with van der Waals surface area (Å²) in [7, 11) is 0. The summed E-state index contributed by atoms with van der Waals surface area (Å²) in [6.45, 7) is 3.89. The number of hydrogen-bond donors (Lipinski definition) is 2. The highest BCUT2D eigenvalue weighted by molar-refractivity contribution is 5.97. The third-order valence-corrected chi connectivity index (χ3v) is 7.11. The van der Waals surface area contributed by atoms with E-state index in [0.717, 1.165) is 69.5 Å². The van der Waals surface area contributed by atoms with E-state index in [4.69, 9.17) is 9.98 Å². The van der Waals surface area contributed by atoms with Crippen LogP contribution in [0.4, 0.5) is 0 Å². The zero-order valence-corrected chi connectivity index (χ0v) is 19.7. The Labute approximate surface area is 200 Å². The van der Waals surface area contributed by atoms with E-state index in [-0.39, 0.29) is 23.6 Å². The van der Waals surface area contributed by atoms with Gasteiger partial charge in [-0.15, -0.1) is 0 Å². The molecule has 0 bridgehead atoms. The van der Waals surface area contributed by atoms with Gasteiger partial charge in [0.2, 0.25) is 0 Å². The molecule has 0 saturated heterocycles. The highest BCUT2D eigenvalue weighted by Gasteiger charge is 2.23. The lowest BCUT2D eigenvalue weighted by atomic mass is 9.91. The van der Waals surface area contributed by atoms with Crippen molar-refractivity contribution in [3.05, 3.63) is 82.9 Å². The van der Waals surface area contributed by atoms with Gasteiger partial charge in [0.05, 0.1) is 12.1 Å². The van der Waals surface area contributed by atoms with Crippen LogP contribution in [0.3, 0.4) is 0 Å². The zero-order chi connectivity index (χ0) is 23.7. The van der Waals surface area contributed by atoms with E-state index in [9.17, 15) is 10.2 Å². The van der Waals surface area contributed by atoms with Gasteiger partial charge in [-0.1, -0.05) is 61.4 Å². The van der Waals surface area contributed by atoms with Crippen molar-refractivity contribution in [1.82, 2.24) is 0 Å². The fourth-order valence-corrected chi connectivity index (χ4v) is 5.08. The molecule has 172 valence electrons. The van der Waals surface area contributed by atoms with Crippen LogP contribution < -0.4 is 0 Å². The van der Waals surface area contributed by atoms with Crippen LogP contribution in [0.5, 0.6) is 11.5 Å². The fourth-order valence-electron chi connectivity index (χ4n) is 5.08. The molecule has 34 heavy (non-hydrogen) atoms. The van der Waals surface area contributed by atoms with Crippen LogP contribution in [-0.2, 0) is 0 Å². The quantitative estimate of drug-likeness (QED) is 0.333. The standard InChI is InChI=1S/C30H30N2O2/c1-19-25-11-5-3-9-21(25)15-23(29(19)33)17-31-27-13-7-8-14-28(27)32-18-24-16-22-10-4-6-12-26(22)20(2)30(24)34/h3-6,9-12,15-18,27-28,33-34H,7-8,13-14H2,1-2H3/t27-,28-/m0/s1. The topological polar surface area (TPSA) is 65.2 Å². The van der Waals surface area contributed by atoms with Gasteiger partial charge in [0.25, 0.3) is 0 Å². The summed E-state index contributed by atoms with van der Waals surface area (Å²) in [5.74, 6) is 0.574. The minimum atomic E-state index is 0.0554. The van der Waals surface area contributed by atoms with Crippen molar-refractivity contribution in [2.45, 2.75) is 51.6 Å². The van der Waals surface area contributed by atoms with Gasteiger partial charge in [-0.3, -0.25) is 9.98 Å². The number of aliphatic imine (C=N–C) groups is 2. The molecule has 1 saturated carbocycles. The maximum atomic E-state index is 10.7. The Morgan fingerprint density at radius 2 is 1.09 bits per heavy atom. The first-order valence-corrected chi connectivity index (χ1v) is 12.0. The summed E-state index contributed by atoms with van der Waals surface area (Å²) in [6, 6.07) is 20.3. The third-order valence-electron chi connectivity index (χ3n) is 7.11. The number of aryl methyl sites for hydroxylation is 2. The van der Waals surface area contributed by atoms with Crippen LogP contribution in [0.15, 0.2) is 70.6 Å². The molecule has 1 aliphatic carbocycles. The van der Waals surface area contributed by atoms with Crippen molar-refractivity contribution < 1.29 is 10.2 Å². The highest BCUT2D eigenvalue weighted by atomic mass is 16.3. The molecule has 0 amide bonds. The normalized spacial score (nSPS) is 19.0. The highest BCUT2D eigenvalue weighted by Crippen LogP contribution is 2.32. The van der Waals surface area contributed by atoms with Crippen molar-refractivity contribution in [3.8, 4) is 11.5 Å². The molecule has 4 heteroatoms. The average molecular weight is 451 g/mol. The van der Waals surface area contributed by atoms with E-state index < -0.39 is 0 Å². The van der Waals surface area contributed by atoms with Gasteiger partial charge >= 0.3 is 0 Å². The minimum Gasteiger partial charge on any atom is -0.507 e. The Kier molecular flexibility index (Phi) is 6.06. The number of phenolic OH excluding ortho intramolecular Hbond substituents is 2. The van der Waals surface area contributed by atoms with Gasteiger partial charge in [-0.25, -0.2) is 0 Å². The molecule has 2 atom stereocenters. The summed E-state index contributed by atoms with van der Waals surface area (Å²) in [5.41, 5.74) is 3.24. The molecule has 0 radical (unpaired) electrons. The molecule has 4 nitrogen and oxygen atoms in total. The van der Waals surface area contributed by atoms with Crippen molar-refractivity contribution in [2.24, 2.45) is 9.98 Å². The van der Waals surface area contributed by atoms with E-state index in [2.05, 4.69) is 12.1 Å². The van der Waals surface area contributed by atoms with Gasteiger partial charge in [-0.05, 0) is 71.5 Å². The van der Waals surface area contributed by atoms with Gasteiger partial charge in [0.1, 0.15) is 11.5 Å². The lowest BCUT2D eigenvalue weighted by molar-refractivity contribution is 0.390. The summed E-state index contributed by atoms with van der Waals surface area (Å²) >= 11 is 0. The van der Waals surface area contributed by atoms with Crippen LogP contribution in [0.2, 0.25) is 0 Å². The van der Waals surface area contributed by atoms with E-state index in [1.165, 1.54) is 0 Å². The molecule has 0 heterocycles. The average Bonchev–Trinajstić information content (AvgIpc) is 2.87. The van der Waals surface area contributed by atoms with E-state index in [0.29, 0.717) is 0 Å². The Balaban J connectivity index is 1.42. The number of hydrogen-bond acceptors (Lipinski definition) is 4. The molecule has 1 fully saturated rings. The molecule has 2 N–H and O–H groups in total. The summed E-state index contributed by atoms with van der Waals surface area (Å²) in [6.07, 6.45) is 7.80. The van der Waals surface area contributed by atoms with Gasteiger partial charge in [0.15, 0.2) is 0 Å². The Morgan fingerprint density at radius 1 is 0.676 bits per heavy atom. The monoisotopic (exact) mass is 450 g/mol. The summed E-state index contributed by atoms with van der Waals surface area (Å²) < 4.78 is 0. The van der Waals surface area contributed by atoms with E-state index in [1.807, 2.05) is 74.8 Å². The lowest BCUT2D eigenvalue weighted by Crippen LogP contribution is -2.27. The third kappa shape index (κ3) is 4.16. The number of rotatable bonds is 4. The van der Waals surface area contributed by atoms with Crippen molar-refractivity contribution >= 4 is 34.0 Å². The van der Waals surface area contributed by atoms with Crippen LogP contribution in [0, 0.1) is 13.8 Å². The van der Waals surface area contributed by atoms with Crippen molar-refractivity contribution in [3.63, 3.8) is 0 Å². The zero-order valence-electron chi connectivity index (χ0n) is 19.7. The number of aromatic hydroxyl groups is 2. The first-order chi connectivity index (χ1) is 16.5. The molecule has 0 spiro atoms. The van der Waals surface area contributed by atoms with Gasteiger partial charge < -0.3 is 10.2 Å². The largest absolute Gasteiger partial charge is 0.507 e. The second kappa shape index (κ2) is 9.30. The molecule has 0 aromatic heterocycles. The molecule has 1 aliphatic rings. The van der Waals surface area contributed by atoms with Gasteiger partial charge in [0, 0.05) is 23.6 Å². The first kappa shape index (κ1) is 22.1. The molecule has 4 aromatic carbocycles. The molecule has 0 aliphatic heterocycles. The minimum absolute atomic E-state index is 0.0554. The molecule has 4 aromatic rings. The van der Waals surface area contributed by atoms with Crippen molar-refractivity contribution in [2.75, 3.05) is 0 Å². The molecular formula is C30H30N2O2. The lowest BCUT2D eigenvalue weighted by Gasteiger charge is -2.25. The SMILES string of the molecule is Cc1c(O)c(C=N[C@H]2CCCC[C@@H]2N=Cc2cc3ccccc3c(C)c2O)cc2ccccc12. The summed E-state index contributed by atoms with van der Waals surface area (Å²) in [4.78, 5) is 9.77. The van der Waals surface area contributed by atoms with Gasteiger partial charge in [-0.2, -0.15) is 0 Å². The van der Waals surface area contributed by atoms with Crippen molar-refractivity contribution in [1.29, 1.82) is 0 Å². The second-order valence-corrected chi connectivity index (χ2v) is 9.30. The number of nitrogens with zero attached hydrogens (tertiary/aromatic N) is 2. The molecule has 5 rings (SSSR count). The van der Waals surface area contributed by atoms with Crippen LogP contribution >= 0.6 is 0 Å². The number of fused-ring (bicyclic) bond motifs is 2. The first-order valence-electron chi connectivity index (χ1n) is 12.0. The summed E-state index contributed by atoms with van der Waals surface area (Å²) in [5, 5.41) is 25.8. The van der Waals surface area contributed by atoms with E-state index in [1.54, 1.807) is 0 Å². The van der Waals surface area contributed by atoms with Crippen LogP contribution in [0.1, 0.15) is 47.9 Å².